The van der Waals surface area contributed by atoms with Gasteiger partial charge in [0.1, 0.15) is 0 Å². The van der Waals surface area contributed by atoms with E-state index in [4.69, 9.17) is 5.73 Å². The lowest BCUT2D eigenvalue weighted by Gasteiger charge is -2.40. The lowest BCUT2D eigenvalue weighted by atomic mass is 10.1. The standard InChI is InChI=1S/C16H30N4O2/c1-18(10-6-4-3-5-9-17)14(21)15(22)20-12-11-19(2)16(13-20)7-8-16/h3-13,17H2,1-2H3. The fourth-order valence-electron chi connectivity index (χ4n) is 3.17. The Kier molecular flexibility index (Phi) is 5.81. The normalized spacial score (nSPS) is 20.2. The van der Waals surface area contributed by atoms with Gasteiger partial charge in [0.15, 0.2) is 0 Å². The molecule has 1 saturated carbocycles. The molecule has 2 fully saturated rings. The fraction of sp³-hybridized carbons (Fsp3) is 0.875. The van der Waals surface area contributed by atoms with Gasteiger partial charge in [0, 0.05) is 38.8 Å². The first-order valence-electron chi connectivity index (χ1n) is 8.46. The van der Waals surface area contributed by atoms with E-state index in [2.05, 4.69) is 11.9 Å². The number of nitrogens with two attached hydrogens (primary N) is 1. The molecule has 1 saturated heterocycles. The van der Waals surface area contributed by atoms with Crippen LogP contribution >= 0.6 is 0 Å². The van der Waals surface area contributed by atoms with Crippen LogP contribution in [0.3, 0.4) is 0 Å². The Morgan fingerprint density at radius 2 is 1.82 bits per heavy atom. The van der Waals surface area contributed by atoms with Crippen molar-refractivity contribution in [2.24, 2.45) is 5.73 Å². The van der Waals surface area contributed by atoms with Gasteiger partial charge in [-0.1, -0.05) is 12.8 Å². The third-order valence-corrected chi connectivity index (χ3v) is 5.09. The molecule has 2 aliphatic rings. The van der Waals surface area contributed by atoms with Crippen LogP contribution in [0, 0.1) is 0 Å². The molecule has 6 heteroatoms. The Hall–Kier alpha value is -1.14. The Morgan fingerprint density at radius 3 is 2.45 bits per heavy atom. The van der Waals surface area contributed by atoms with E-state index in [1.807, 2.05) is 0 Å². The van der Waals surface area contributed by atoms with E-state index in [0.717, 1.165) is 51.6 Å². The first-order valence-corrected chi connectivity index (χ1v) is 8.46. The molecule has 1 spiro atoms. The molecule has 2 rings (SSSR count). The van der Waals surface area contributed by atoms with Gasteiger partial charge in [-0.2, -0.15) is 0 Å². The number of hydrogen-bond donors (Lipinski definition) is 1. The summed E-state index contributed by atoms with van der Waals surface area (Å²) in [5, 5.41) is 0. The van der Waals surface area contributed by atoms with Gasteiger partial charge in [-0.25, -0.2) is 0 Å². The molecule has 126 valence electrons. The molecule has 1 aliphatic carbocycles. The minimum absolute atomic E-state index is 0.162. The molecule has 0 atom stereocenters. The highest BCUT2D eigenvalue weighted by Crippen LogP contribution is 2.43. The molecule has 0 aromatic rings. The van der Waals surface area contributed by atoms with E-state index in [1.54, 1.807) is 16.8 Å². The first-order chi connectivity index (χ1) is 10.5. The number of rotatable bonds is 6. The van der Waals surface area contributed by atoms with Crippen LogP contribution in [0.25, 0.3) is 0 Å². The van der Waals surface area contributed by atoms with Crippen molar-refractivity contribution in [3.8, 4) is 0 Å². The van der Waals surface area contributed by atoms with Crippen molar-refractivity contribution in [2.75, 3.05) is 46.8 Å². The van der Waals surface area contributed by atoms with Crippen molar-refractivity contribution in [1.29, 1.82) is 0 Å². The lowest BCUT2D eigenvalue weighted by molar-refractivity contribution is -0.153. The van der Waals surface area contributed by atoms with Gasteiger partial charge in [-0.15, -0.1) is 0 Å². The van der Waals surface area contributed by atoms with Gasteiger partial charge in [0.2, 0.25) is 0 Å². The van der Waals surface area contributed by atoms with E-state index in [0.29, 0.717) is 19.6 Å². The number of carbonyl (C=O) groups excluding carboxylic acids is 2. The van der Waals surface area contributed by atoms with Crippen LogP contribution in [0.5, 0.6) is 0 Å². The Balaban J connectivity index is 1.75. The second-order valence-electron chi connectivity index (χ2n) is 6.80. The van der Waals surface area contributed by atoms with Gasteiger partial charge in [-0.05, 0) is 39.3 Å². The summed E-state index contributed by atoms with van der Waals surface area (Å²) >= 11 is 0. The molecule has 0 bridgehead atoms. The largest absolute Gasteiger partial charge is 0.338 e. The summed E-state index contributed by atoms with van der Waals surface area (Å²) in [5.74, 6) is -0.692. The Morgan fingerprint density at radius 1 is 1.14 bits per heavy atom. The maximum absolute atomic E-state index is 12.4. The van der Waals surface area contributed by atoms with Crippen molar-refractivity contribution in [3.05, 3.63) is 0 Å². The summed E-state index contributed by atoms with van der Waals surface area (Å²) < 4.78 is 0. The van der Waals surface area contributed by atoms with Crippen LogP contribution in [0.4, 0.5) is 0 Å². The monoisotopic (exact) mass is 310 g/mol. The summed E-state index contributed by atoms with van der Waals surface area (Å²) in [6.07, 6.45) is 6.38. The van der Waals surface area contributed by atoms with Crippen LogP contribution in [-0.4, -0.2) is 78.9 Å². The second kappa shape index (κ2) is 7.42. The van der Waals surface area contributed by atoms with Crippen molar-refractivity contribution in [2.45, 2.75) is 44.1 Å². The smallest absolute Gasteiger partial charge is 0.312 e. The zero-order valence-corrected chi connectivity index (χ0v) is 14.0. The highest BCUT2D eigenvalue weighted by Gasteiger charge is 2.50. The van der Waals surface area contributed by atoms with E-state index < -0.39 is 0 Å². The van der Waals surface area contributed by atoms with Crippen molar-refractivity contribution in [3.63, 3.8) is 0 Å². The molecule has 1 heterocycles. The summed E-state index contributed by atoms with van der Waals surface area (Å²) in [5.41, 5.74) is 5.62. The van der Waals surface area contributed by atoms with Crippen LogP contribution in [0.1, 0.15) is 38.5 Å². The predicted molar refractivity (Wildman–Crippen MR) is 86.3 cm³/mol. The molecular formula is C16H30N4O2. The second-order valence-corrected chi connectivity index (χ2v) is 6.80. The number of hydrogen-bond acceptors (Lipinski definition) is 4. The van der Waals surface area contributed by atoms with Gasteiger partial charge < -0.3 is 15.5 Å². The minimum atomic E-state index is -0.362. The zero-order chi connectivity index (χ0) is 16.2. The summed E-state index contributed by atoms with van der Waals surface area (Å²) in [4.78, 5) is 30.3. The Bertz CT molecular complexity index is 409. The van der Waals surface area contributed by atoms with Gasteiger partial charge in [-0.3, -0.25) is 14.5 Å². The maximum atomic E-state index is 12.4. The predicted octanol–water partition coefficient (Wildman–Crippen LogP) is 0.271. The molecule has 0 aromatic heterocycles. The van der Waals surface area contributed by atoms with Crippen molar-refractivity contribution < 1.29 is 9.59 Å². The lowest BCUT2D eigenvalue weighted by Crippen LogP contribution is -2.57. The molecular weight excluding hydrogens is 280 g/mol. The number of carbonyl (C=O) groups is 2. The van der Waals surface area contributed by atoms with E-state index in [9.17, 15) is 9.59 Å². The third-order valence-electron chi connectivity index (χ3n) is 5.09. The van der Waals surface area contributed by atoms with Crippen LogP contribution in [0.2, 0.25) is 0 Å². The average molecular weight is 310 g/mol. The third kappa shape index (κ3) is 3.98. The van der Waals surface area contributed by atoms with Gasteiger partial charge >= 0.3 is 11.8 Å². The highest BCUT2D eigenvalue weighted by atomic mass is 16.2. The summed E-state index contributed by atoms with van der Waals surface area (Å²) in [6, 6.07) is 0. The first kappa shape index (κ1) is 17.2. The molecule has 0 unspecified atom stereocenters. The molecule has 2 N–H and O–H groups in total. The van der Waals surface area contributed by atoms with E-state index >= 15 is 0 Å². The Labute approximate surface area is 133 Å². The highest BCUT2D eigenvalue weighted by molar-refractivity contribution is 6.34. The summed E-state index contributed by atoms with van der Waals surface area (Å²) in [7, 11) is 3.84. The van der Waals surface area contributed by atoms with Crippen LogP contribution < -0.4 is 5.73 Å². The molecule has 2 amide bonds. The van der Waals surface area contributed by atoms with Crippen LogP contribution in [0.15, 0.2) is 0 Å². The maximum Gasteiger partial charge on any atom is 0.312 e. The molecule has 0 radical (unpaired) electrons. The topological polar surface area (TPSA) is 69.9 Å². The number of nitrogens with zero attached hydrogens (tertiary/aromatic N) is 3. The molecule has 0 aromatic carbocycles. The number of amides is 2. The van der Waals surface area contributed by atoms with Crippen molar-refractivity contribution in [1.82, 2.24) is 14.7 Å². The van der Waals surface area contributed by atoms with E-state index in [1.165, 1.54) is 0 Å². The molecule has 6 nitrogen and oxygen atoms in total. The van der Waals surface area contributed by atoms with E-state index in [-0.39, 0.29) is 17.4 Å². The molecule has 22 heavy (non-hydrogen) atoms. The zero-order valence-electron chi connectivity index (χ0n) is 14.0. The number of piperazine rings is 1. The fourth-order valence-corrected chi connectivity index (χ4v) is 3.17. The molecule has 1 aliphatic heterocycles. The van der Waals surface area contributed by atoms with Crippen LogP contribution in [-0.2, 0) is 9.59 Å². The van der Waals surface area contributed by atoms with Gasteiger partial charge in [0.25, 0.3) is 0 Å². The average Bonchev–Trinajstić information content (AvgIpc) is 3.29. The number of unbranched alkanes of at least 4 members (excludes halogenated alkanes) is 3. The number of likely N-dealkylation sites (N-methyl/N-ethyl adjacent to an activating group) is 2. The van der Waals surface area contributed by atoms with Crippen molar-refractivity contribution >= 4 is 11.8 Å². The summed E-state index contributed by atoms with van der Waals surface area (Å²) in [6.45, 7) is 3.60. The quantitative estimate of drug-likeness (QED) is 0.565. The minimum Gasteiger partial charge on any atom is -0.338 e. The SMILES string of the molecule is CN(CCCCCCN)C(=O)C(=O)N1CCN(C)C2(CC2)C1. The van der Waals surface area contributed by atoms with Gasteiger partial charge in [0.05, 0.1) is 0 Å².